The number of benzene rings is 2. The highest BCUT2D eigenvalue weighted by Crippen LogP contribution is 2.23. The molecule has 0 bridgehead atoms. The Kier molecular flexibility index (Phi) is 10.8. The first-order valence-corrected chi connectivity index (χ1v) is 10.7. The van der Waals surface area contributed by atoms with E-state index in [-0.39, 0.29) is 35.8 Å². The molecule has 1 fully saturated rings. The fourth-order valence-corrected chi connectivity index (χ4v) is 3.84. The van der Waals surface area contributed by atoms with Crippen molar-refractivity contribution in [2.45, 2.75) is 12.8 Å². The molecule has 0 aromatic heterocycles. The lowest BCUT2D eigenvalue weighted by Crippen LogP contribution is -2.50. The maximum Gasteiger partial charge on any atom is 0.219 e. The Morgan fingerprint density at radius 3 is 1.97 bits per heavy atom. The number of hydrogen-bond donors (Lipinski definition) is 2. The lowest BCUT2D eigenvalue weighted by molar-refractivity contribution is -0.130. The maximum atomic E-state index is 11.5. The highest BCUT2D eigenvalue weighted by atomic mass is 127. The number of piperazine rings is 1. The minimum Gasteiger partial charge on any atom is -0.355 e. The molecular weight excluding hydrogens is 501 g/mol. The lowest BCUT2D eigenvalue weighted by atomic mass is 9.91. The molecule has 1 aliphatic rings. The summed E-state index contributed by atoms with van der Waals surface area (Å²) in [5.74, 6) is 1.24. The quantitative estimate of drug-likeness (QED) is 0.326. The van der Waals surface area contributed by atoms with E-state index in [1.165, 1.54) is 11.1 Å². The van der Waals surface area contributed by atoms with E-state index in [4.69, 9.17) is 0 Å². The van der Waals surface area contributed by atoms with E-state index in [2.05, 4.69) is 81.2 Å². The second kappa shape index (κ2) is 13.3. The van der Waals surface area contributed by atoms with Crippen molar-refractivity contribution in [3.63, 3.8) is 0 Å². The van der Waals surface area contributed by atoms with Crippen LogP contribution >= 0.6 is 24.0 Å². The van der Waals surface area contributed by atoms with Crippen molar-refractivity contribution in [2.24, 2.45) is 4.99 Å². The van der Waals surface area contributed by atoms with Gasteiger partial charge in [-0.25, -0.2) is 0 Å². The van der Waals surface area contributed by atoms with Gasteiger partial charge in [0.05, 0.1) is 0 Å². The Balaban J connectivity index is 0.00000341. The van der Waals surface area contributed by atoms with Gasteiger partial charge in [-0.1, -0.05) is 60.7 Å². The second-order valence-corrected chi connectivity index (χ2v) is 7.60. The number of carbonyl (C=O) groups is 1. The first-order valence-electron chi connectivity index (χ1n) is 10.7. The molecule has 1 amide bonds. The zero-order chi connectivity index (χ0) is 21.2. The van der Waals surface area contributed by atoms with Crippen LogP contribution in [0.15, 0.2) is 65.7 Å². The van der Waals surface area contributed by atoms with Crippen molar-refractivity contribution in [1.29, 1.82) is 0 Å². The summed E-state index contributed by atoms with van der Waals surface area (Å²) in [6, 6.07) is 21.2. The molecule has 2 N–H and O–H groups in total. The number of aliphatic imine (C=N–C) groups is 1. The third kappa shape index (κ3) is 7.81. The monoisotopic (exact) mass is 535 g/mol. The Labute approximate surface area is 203 Å². The first kappa shape index (κ1) is 25.1. The molecule has 0 radical (unpaired) electrons. The molecule has 6 nitrogen and oxygen atoms in total. The molecule has 3 rings (SSSR count). The minimum absolute atomic E-state index is 0. The van der Waals surface area contributed by atoms with E-state index < -0.39 is 0 Å². The van der Waals surface area contributed by atoms with Gasteiger partial charge in [0, 0.05) is 65.7 Å². The molecule has 0 aliphatic carbocycles. The van der Waals surface area contributed by atoms with Gasteiger partial charge in [-0.15, -0.1) is 24.0 Å². The summed E-state index contributed by atoms with van der Waals surface area (Å²) in [5.41, 5.74) is 2.57. The fraction of sp³-hybridized carbons (Fsp3) is 0.417. The predicted octanol–water partition coefficient (Wildman–Crippen LogP) is 2.77. The molecule has 0 spiro atoms. The van der Waals surface area contributed by atoms with Gasteiger partial charge >= 0.3 is 0 Å². The molecule has 168 valence electrons. The summed E-state index contributed by atoms with van der Waals surface area (Å²) < 4.78 is 0. The number of carbonyl (C=O) groups excluding carboxylic acids is 1. The number of amides is 1. The average molecular weight is 535 g/mol. The van der Waals surface area contributed by atoms with Gasteiger partial charge in [0.25, 0.3) is 0 Å². The molecule has 1 saturated heterocycles. The predicted molar refractivity (Wildman–Crippen MR) is 138 cm³/mol. The van der Waals surface area contributed by atoms with Crippen molar-refractivity contribution in [1.82, 2.24) is 20.4 Å². The van der Waals surface area contributed by atoms with E-state index >= 15 is 0 Å². The Hall–Kier alpha value is -2.13. The SMILES string of the molecule is CN=C(NCCN1CCN(C(C)=O)CC1)NCC(c1ccccc1)c1ccccc1.I. The van der Waals surface area contributed by atoms with Gasteiger partial charge in [0.1, 0.15) is 0 Å². The molecule has 2 aromatic carbocycles. The zero-order valence-electron chi connectivity index (χ0n) is 18.5. The summed E-state index contributed by atoms with van der Waals surface area (Å²) in [6.07, 6.45) is 0. The van der Waals surface area contributed by atoms with Crippen molar-refractivity contribution in [3.05, 3.63) is 71.8 Å². The fourth-order valence-electron chi connectivity index (χ4n) is 3.84. The first-order chi connectivity index (χ1) is 14.7. The Morgan fingerprint density at radius 1 is 0.935 bits per heavy atom. The number of hydrogen-bond acceptors (Lipinski definition) is 3. The van der Waals surface area contributed by atoms with Crippen LogP contribution in [-0.4, -0.2) is 74.5 Å². The molecule has 2 aromatic rings. The van der Waals surface area contributed by atoms with Crippen molar-refractivity contribution in [3.8, 4) is 0 Å². The van der Waals surface area contributed by atoms with Gasteiger partial charge in [-0.05, 0) is 11.1 Å². The van der Waals surface area contributed by atoms with E-state index in [0.717, 1.165) is 51.8 Å². The van der Waals surface area contributed by atoms with Crippen molar-refractivity contribution < 1.29 is 4.79 Å². The highest BCUT2D eigenvalue weighted by Gasteiger charge is 2.18. The van der Waals surface area contributed by atoms with Crippen LogP contribution in [0.25, 0.3) is 0 Å². The lowest BCUT2D eigenvalue weighted by Gasteiger charge is -2.34. The van der Waals surface area contributed by atoms with Crippen LogP contribution < -0.4 is 10.6 Å². The van der Waals surface area contributed by atoms with Gasteiger partial charge in [0.2, 0.25) is 5.91 Å². The number of nitrogens with one attached hydrogen (secondary N) is 2. The topological polar surface area (TPSA) is 60.0 Å². The summed E-state index contributed by atoms with van der Waals surface area (Å²) in [6.45, 7) is 7.66. The summed E-state index contributed by atoms with van der Waals surface area (Å²) in [5, 5.41) is 6.92. The average Bonchev–Trinajstić information content (AvgIpc) is 2.80. The van der Waals surface area contributed by atoms with Gasteiger partial charge in [-0.3, -0.25) is 14.7 Å². The van der Waals surface area contributed by atoms with Crippen molar-refractivity contribution in [2.75, 3.05) is 52.9 Å². The maximum absolute atomic E-state index is 11.5. The molecule has 0 atom stereocenters. The van der Waals surface area contributed by atoms with Gasteiger partial charge in [0.15, 0.2) is 5.96 Å². The Morgan fingerprint density at radius 2 is 1.48 bits per heavy atom. The smallest absolute Gasteiger partial charge is 0.219 e. The number of halogens is 1. The largest absolute Gasteiger partial charge is 0.355 e. The Bertz CT molecular complexity index is 768. The van der Waals surface area contributed by atoms with Crippen LogP contribution in [0, 0.1) is 0 Å². The van der Waals surface area contributed by atoms with Crippen LogP contribution in [-0.2, 0) is 4.79 Å². The molecule has 0 saturated carbocycles. The standard InChI is InChI=1S/C24H33N5O.HI/c1-20(30)29-17-15-28(16-18-29)14-13-26-24(25-2)27-19-23(21-9-5-3-6-10-21)22-11-7-4-8-12-22;/h3-12,23H,13-19H2,1-2H3,(H2,25,26,27);1H. The molecule has 7 heteroatoms. The molecule has 31 heavy (non-hydrogen) atoms. The van der Waals surface area contributed by atoms with Gasteiger partial charge in [-0.2, -0.15) is 0 Å². The normalized spacial score (nSPS) is 14.8. The highest BCUT2D eigenvalue weighted by molar-refractivity contribution is 14.0. The van der Waals surface area contributed by atoms with Crippen LogP contribution in [0.2, 0.25) is 0 Å². The van der Waals surface area contributed by atoms with Gasteiger partial charge < -0.3 is 15.5 Å². The van der Waals surface area contributed by atoms with Crippen LogP contribution in [0.5, 0.6) is 0 Å². The van der Waals surface area contributed by atoms with Crippen LogP contribution in [0.4, 0.5) is 0 Å². The third-order valence-electron chi connectivity index (χ3n) is 5.64. The molecule has 1 aliphatic heterocycles. The van der Waals surface area contributed by atoms with E-state index in [1.54, 1.807) is 14.0 Å². The molecule has 0 unspecified atom stereocenters. The second-order valence-electron chi connectivity index (χ2n) is 7.60. The summed E-state index contributed by atoms with van der Waals surface area (Å²) in [7, 11) is 1.81. The number of rotatable bonds is 7. The number of nitrogens with zero attached hydrogens (tertiary/aromatic N) is 3. The minimum atomic E-state index is 0. The number of guanidine groups is 1. The van der Waals surface area contributed by atoms with E-state index in [0.29, 0.717) is 0 Å². The summed E-state index contributed by atoms with van der Waals surface area (Å²) in [4.78, 5) is 20.1. The molecular formula is C24H34IN5O. The van der Waals surface area contributed by atoms with E-state index in [9.17, 15) is 4.79 Å². The zero-order valence-corrected chi connectivity index (χ0v) is 20.8. The molecule has 1 heterocycles. The summed E-state index contributed by atoms with van der Waals surface area (Å²) >= 11 is 0. The third-order valence-corrected chi connectivity index (χ3v) is 5.64. The van der Waals surface area contributed by atoms with Crippen LogP contribution in [0.1, 0.15) is 24.0 Å². The van der Waals surface area contributed by atoms with E-state index in [1.807, 2.05) is 4.90 Å². The van der Waals surface area contributed by atoms with Crippen molar-refractivity contribution >= 4 is 35.8 Å². The van der Waals surface area contributed by atoms with Crippen LogP contribution in [0.3, 0.4) is 0 Å².